The van der Waals surface area contributed by atoms with Crippen molar-refractivity contribution in [1.82, 2.24) is 9.97 Å². The summed E-state index contributed by atoms with van der Waals surface area (Å²) in [6, 6.07) is 12.6. The smallest absolute Gasteiger partial charge is 0.138 e. The van der Waals surface area contributed by atoms with Gasteiger partial charge in [-0.05, 0) is 49.6 Å². The van der Waals surface area contributed by atoms with E-state index in [4.69, 9.17) is 0 Å². The van der Waals surface area contributed by atoms with E-state index >= 15 is 0 Å². The minimum absolute atomic E-state index is 0.955. The number of rotatable bonds is 1. The van der Waals surface area contributed by atoms with Crippen molar-refractivity contribution in [3.05, 3.63) is 53.1 Å². The van der Waals surface area contributed by atoms with Gasteiger partial charge in [0.25, 0.3) is 0 Å². The molecule has 2 heteroatoms. The Morgan fingerprint density at radius 2 is 1.83 bits per heavy atom. The van der Waals surface area contributed by atoms with Gasteiger partial charge in [-0.2, -0.15) is 0 Å². The lowest BCUT2D eigenvalue weighted by molar-refractivity contribution is 1.27. The van der Waals surface area contributed by atoms with Crippen molar-refractivity contribution >= 4 is 11.0 Å². The first kappa shape index (κ1) is 11.0. The lowest BCUT2D eigenvalue weighted by Gasteiger charge is -2.05. The van der Waals surface area contributed by atoms with Gasteiger partial charge >= 0.3 is 0 Å². The summed E-state index contributed by atoms with van der Waals surface area (Å²) in [4.78, 5) is 8.08. The van der Waals surface area contributed by atoms with Gasteiger partial charge in [0.2, 0.25) is 0 Å². The monoisotopic (exact) mass is 236 g/mol. The molecule has 2 aromatic carbocycles. The third-order valence-electron chi connectivity index (χ3n) is 3.50. The Morgan fingerprint density at radius 1 is 1.00 bits per heavy atom. The number of aromatic nitrogens is 2. The molecule has 0 saturated heterocycles. The van der Waals surface area contributed by atoms with E-state index < -0.39 is 0 Å². The highest BCUT2D eigenvalue weighted by Gasteiger charge is 2.08. The first-order valence-electron chi connectivity index (χ1n) is 6.18. The molecule has 2 nitrogen and oxygen atoms in total. The van der Waals surface area contributed by atoms with Gasteiger partial charge in [-0.1, -0.05) is 24.3 Å². The topological polar surface area (TPSA) is 28.7 Å². The SMILES string of the molecule is Cc1ccc2nc(-c3cccc(C)c3C)[nH]c2c1. The quantitative estimate of drug-likeness (QED) is 0.675. The molecular weight excluding hydrogens is 220 g/mol. The van der Waals surface area contributed by atoms with Crippen molar-refractivity contribution in [2.75, 3.05) is 0 Å². The molecule has 0 atom stereocenters. The largest absolute Gasteiger partial charge is 0.338 e. The molecule has 0 radical (unpaired) electrons. The van der Waals surface area contributed by atoms with Gasteiger partial charge in [0, 0.05) is 5.56 Å². The number of nitrogens with one attached hydrogen (secondary N) is 1. The Labute approximate surface area is 107 Å². The fourth-order valence-corrected chi connectivity index (χ4v) is 2.26. The van der Waals surface area contributed by atoms with Crippen LogP contribution in [0, 0.1) is 20.8 Å². The fraction of sp³-hybridized carbons (Fsp3) is 0.188. The standard InChI is InChI=1S/C16H16N2/c1-10-7-8-14-15(9-10)18-16(17-14)13-6-4-5-11(2)12(13)3/h4-9H,1-3H3,(H,17,18). The highest BCUT2D eigenvalue weighted by molar-refractivity contribution is 5.80. The number of hydrogen-bond donors (Lipinski definition) is 1. The second-order valence-corrected chi connectivity index (χ2v) is 4.85. The summed E-state index contributed by atoms with van der Waals surface area (Å²) < 4.78 is 0. The Hall–Kier alpha value is -2.09. The summed E-state index contributed by atoms with van der Waals surface area (Å²) in [5.74, 6) is 0.955. The zero-order valence-electron chi connectivity index (χ0n) is 10.9. The van der Waals surface area contributed by atoms with Gasteiger partial charge in [-0.3, -0.25) is 0 Å². The first-order valence-corrected chi connectivity index (χ1v) is 6.18. The maximum atomic E-state index is 4.67. The molecule has 0 amide bonds. The van der Waals surface area contributed by atoms with Crippen molar-refractivity contribution in [1.29, 1.82) is 0 Å². The maximum absolute atomic E-state index is 4.67. The number of imidazole rings is 1. The molecule has 1 N–H and O–H groups in total. The lowest BCUT2D eigenvalue weighted by Crippen LogP contribution is -1.88. The Bertz CT molecular complexity index is 723. The van der Waals surface area contributed by atoms with E-state index in [0.717, 1.165) is 16.9 Å². The van der Waals surface area contributed by atoms with E-state index in [1.54, 1.807) is 0 Å². The normalized spacial score (nSPS) is 11.1. The van der Waals surface area contributed by atoms with Crippen LogP contribution in [0.15, 0.2) is 36.4 Å². The van der Waals surface area contributed by atoms with E-state index in [0.29, 0.717) is 0 Å². The molecule has 1 aromatic heterocycles. The van der Waals surface area contributed by atoms with Crippen molar-refractivity contribution in [2.45, 2.75) is 20.8 Å². The molecule has 0 spiro atoms. The molecule has 0 fully saturated rings. The number of benzene rings is 2. The van der Waals surface area contributed by atoms with Crippen LogP contribution < -0.4 is 0 Å². The van der Waals surface area contributed by atoms with Crippen molar-refractivity contribution in [3.63, 3.8) is 0 Å². The highest BCUT2D eigenvalue weighted by atomic mass is 14.9. The minimum atomic E-state index is 0.955. The predicted octanol–water partition coefficient (Wildman–Crippen LogP) is 4.16. The van der Waals surface area contributed by atoms with E-state index in [1.165, 1.54) is 22.3 Å². The molecule has 1 heterocycles. The van der Waals surface area contributed by atoms with Crippen LogP contribution in [0.1, 0.15) is 16.7 Å². The lowest BCUT2D eigenvalue weighted by atomic mass is 10.0. The Kier molecular flexibility index (Phi) is 2.44. The molecule has 3 aromatic rings. The number of nitrogens with zero attached hydrogens (tertiary/aromatic N) is 1. The molecule has 0 unspecified atom stereocenters. The number of fused-ring (bicyclic) bond motifs is 1. The highest BCUT2D eigenvalue weighted by Crippen LogP contribution is 2.25. The van der Waals surface area contributed by atoms with Gasteiger partial charge in [-0.25, -0.2) is 4.98 Å². The fourth-order valence-electron chi connectivity index (χ4n) is 2.26. The molecule has 0 saturated carbocycles. The van der Waals surface area contributed by atoms with E-state index in [-0.39, 0.29) is 0 Å². The molecule has 18 heavy (non-hydrogen) atoms. The molecule has 0 aliphatic rings. The third kappa shape index (κ3) is 1.70. The van der Waals surface area contributed by atoms with E-state index in [9.17, 15) is 0 Å². The average molecular weight is 236 g/mol. The maximum Gasteiger partial charge on any atom is 0.138 e. The van der Waals surface area contributed by atoms with E-state index in [1.807, 2.05) is 0 Å². The number of hydrogen-bond acceptors (Lipinski definition) is 1. The van der Waals surface area contributed by atoms with Gasteiger partial charge in [0.1, 0.15) is 5.82 Å². The van der Waals surface area contributed by atoms with Crippen LogP contribution in [-0.2, 0) is 0 Å². The van der Waals surface area contributed by atoms with E-state index in [2.05, 4.69) is 67.1 Å². The van der Waals surface area contributed by atoms with Crippen LogP contribution in [0.4, 0.5) is 0 Å². The second-order valence-electron chi connectivity index (χ2n) is 4.85. The summed E-state index contributed by atoms with van der Waals surface area (Å²) in [5, 5.41) is 0. The third-order valence-corrected chi connectivity index (χ3v) is 3.50. The van der Waals surface area contributed by atoms with Crippen molar-refractivity contribution in [2.24, 2.45) is 0 Å². The summed E-state index contributed by atoms with van der Waals surface area (Å²) in [6.07, 6.45) is 0. The second kappa shape index (κ2) is 3.98. The van der Waals surface area contributed by atoms with Crippen LogP contribution in [0.25, 0.3) is 22.4 Å². The molecule has 0 aliphatic carbocycles. The van der Waals surface area contributed by atoms with Gasteiger partial charge < -0.3 is 4.98 Å². The van der Waals surface area contributed by atoms with Gasteiger partial charge in [-0.15, -0.1) is 0 Å². The average Bonchev–Trinajstić information content (AvgIpc) is 2.75. The first-order chi connectivity index (χ1) is 8.65. The summed E-state index contributed by atoms with van der Waals surface area (Å²) in [7, 11) is 0. The zero-order valence-corrected chi connectivity index (χ0v) is 10.9. The van der Waals surface area contributed by atoms with Gasteiger partial charge in [0.15, 0.2) is 0 Å². The van der Waals surface area contributed by atoms with Crippen LogP contribution >= 0.6 is 0 Å². The van der Waals surface area contributed by atoms with Crippen LogP contribution in [0.2, 0.25) is 0 Å². The minimum Gasteiger partial charge on any atom is -0.338 e. The van der Waals surface area contributed by atoms with Crippen molar-refractivity contribution in [3.8, 4) is 11.4 Å². The predicted molar refractivity (Wildman–Crippen MR) is 75.7 cm³/mol. The van der Waals surface area contributed by atoms with Crippen molar-refractivity contribution < 1.29 is 0 Å². The Balaban J connectivity index is 2.22. The number of aryl methyl sites for hydroxylation is 2. The summed E-state index contributed by atoms with van der Waals surface area (Å²) in [6.45, 7) is 6.37. The van der Waals surface area contributed by atoms with Crippen LogP contribution in [-0.4, -0.2) is 9.97 Å². The number of aromatic amines is 1. The molecular formula is C16H16N2. The molecule has 0 bridgehead atoms. The molecule has 90 valence electrons. The van der Waals surface area contributed by atoms with Crippen LogP contribution in [0.5, 0.6) is 0 Å². The Morgan fingerprint density at radius 3 is 2.67 bits per heavy atom. The summed E-state index contributed by atoms with van der Waals surface area (Å²) >= 11 is 0. The summed E-state index contributed by atoms with van der Waals surface area (Å²) in [5.41, 5.74) is 7.14. The van der Waals surface area contributed by atoms with Gasteiger partial charge in [0.05, 0.1) is 11.0 Å². The number of H-pyrrole nitrogens is 1. The zero-order chi connectivity index (χ0) is 12.7. The van der Waals surface area contributed by atoms with Crippen LogP contribution in [0.3, 0.4) is 0 Å². The molecule has 0 aliphatic heterocycles. The molecule has 3 rings (SSSR count).